The molecular weight excluding hydrogens is 340 g/mol. The van der Waals surface area contributed by atoms with Crippen molar-refractivity contribution >= 4 is 22.8 Å². The fourth-order valence-corrected chi connectivity index (χ4v) is 3.75. The van der Waals surface area contributed by atoms with E-state index in [-0.39, 0.29) is 12.5 Å². The number of rotatable bonds is 4. The van der Waals surface area contributed by atoms with Gasteiger partial charge in [-0.05, 0) is 37.8 Å². The average molecular weight is 368 g/mol. The van der Waals surface area contributed by atoms with Crippen molar-refractivity contribution < 1.29 is 14.3 Å². The van der Waals surface area contributed by atoms with Crippen molar-refractivity contribution in [2.45, 2.75) is 52.4 Å². The summed E-state index contributed by atoms with van der Waals surface area (Å²) in [6.45, 7) is 5.20. The Labute approximate surface area is 160 Å². The number of likely N-dealkylation sites (tertiary alicyclic amines) is 1. The van der Waals surface area contributed by atoms with E-state index in [1.165, 1.54) is 6.42 Å². The summed E-state index contributed by atoms with van der Waals surface area (Å²) in [7, 11) is 0. The summed E-state index contributed by atoms with van der Waals surface area (Å²) in [5.41, 5.74) is 2.95. The van der Waals surface area contributed by atoms with Gasteiger partial charge in [0.1, 0.15) is 0 Å². The van der Waals surface area contributed by atoms with Crippen LogP contribution in [0, 0.1) is 6.92 Å². The highest BCUT2D eigenvalue weighted by Crippen LogP contribution is 2.24. The van der Waals surface area contributed by atoms with Crippen molar-refractivity contribution in [3.8, 4) is 0 Å². The van der Waals surface area contributed by atoms with Crippen LogP contribution in [0.4, 0.5) is 0 Å². The summed E-state index contributed by atoms with van der Waals surface area (Å²) in [4.78, 5) is 31.7. The number of nitrogens with zero attached hydrogens (tertiary/aromatic N) is 2. The maximum absolute atomic E-state index is 12.8. The Kier molecular flexibility index (Phi) is 6.43. The number of pyridine rings is 1. The van der Waals surface area contributed by atoms with Gasteiger partial charge >= 0.3 is 5.97 Å². The molecule has 0 bridgehead atoms. The number of hydrogen-bond acceptors (Lipinski definition) is 4. The molecule has 1 amide bonds. The van der Waals surface area contributed by atoms with Crippen LogP contribution >= 0.6 is 0 Å². The zero-order chi connectivity index (χ0) is 19.2. The van der Waals surface area contributed by atoms with Crippen LogP contribution in [0.2, 0.25) is 0 Å². The van der Waals surface area contributed by atoms with Gasteiger partial charge in [-0.25, -0.2) is 4.79 Å². The molecule has 144 valence electrons. The molecule has 5 nitrogen and oxygen atoms in total. The first-order valence-corrected chi connectivity index (χ1v) is 9.95. The van der Waals surface area contributed by atoms with Crippen LogP contribution in [0.5, 0.6) is 0 Å². The maximum atomic E-state index is 12.8. The van der Waals surface area contributed by atoms with Crippen molar-refractivity contribution in [2.24, 2.45) is 0 Å². The smallest absolute Gasteiger partial charge is 0.340 e. The fraction of sp³-hybridized carbons (Fsp3) is 0.500. The van der Waals surface area contributed by atoms with Gasteiger partial charge in [0, 0.05) is 18.5 Å². The Morgan fingerprint density at radius 2 is 1.74 bits per heavy atom. The Balaban J connectivity index is 1.74. The van der Waals surface area contributed by atoms with Gasteiger partial charge in [-0.15, -0.1) is 0 Å². The molecule has 27 heavy (non-hydrogen) atoms. The van der Waals surface area contributed by atoms with Gasteiger partial charge in [-0.1, -0.05) is 44.4 Å². The number of carbonyl (C=O) groups is 2. The predicted octanol–water partition coefficient (Wildman–Crippen LogP) is 4.06. The van der Waals surface area contributed by atoms with Crippen LogP contribution in [0.15, 0.2) is 24.3 Å². The summed E-state index contributed by atoms with van der Waals surface area (Å²) in [5, 5.41) is 0.941. The summed E-state index contributed by atoms with van der Waals surface area (Å²) in [6, 6.07) is 7.78. The molecule has 1 aromatic heterocycles. The van der Waals surface area contributed by atoms with E-state index in [4.69, 9.17) is 4.74 Å². The van der Waals surface area contributed by atoms with Gasteiger partial charge in [-0.3, -0.25) is 9.78 Å². The summed E-state index contributed by atoms with van der Waals surface area (Å²) >= 11 is 0. The molecule has 2 aromatic rings. The third-order valence-electron chi connectivity index (χ3n) is 5.30. The average Bonchev–Trinajstić information content (AvgIpc) is 2.65. The number of fused-ring (bicyclic) bond motifs is 1. The predicted molar refractivity (Wildman–Crippen MR) is 106 cm³/mol. The number of amides is 1. The lowest BCUT2D eigenvalue weighted by Gasteiger charge is -2.24. The van der Waals surface area contributed by atoms with Gasteiger partial charge < -0.3 is 9.64 Å². The van der Waals surface area contributed by atoms with E-state index in [0.29, 0.717) is 12.0 Å². The molecular formula is C22H28N2O3. The molecule has 1 fully saturated rings. The van der Waals surface area contributed by atoms with Gasteiger partial charge in [0.25, 0.3) is 5.91 Å². The zero-order valence-electron chi connectivity index (χ0n) is 16.3. The van der Waals surface area contributed by atoms with Gasteiger partial charge in [-0.2, -0.15) is 0 Å². The van der Waals surface area contributed by atoms with Crippen molar-refractivity contribution in [2.75, 3.05) is 19.7 Å². The molecule has 0 N–H and O–H groups in total. The standard InChI is InChI=1S/C22H28N2O3/c1-3-18-21(16(2)17-11-7-8-12-19(17)23-18)22(26)27-15-20(25)24-13-9-5-4-6-10-14-24/h7-8,11-12H,3-6,9-10,13-15H2,1-2H3. The number of hydrogen-bond donors (Lipinski definition) is 0. The van der Waals surface area contributed by atoms with Crippen LogP contribution in [0.25, 0.3) is 10.9 Å². The van der Waals surface area contributed by atoms with Gasteiger partial charge in [0.2, 0.25) is 0 Å². The number of ether oxygens (including phenoxy) is 1. The maximum Gasteiger partial charge on any atom is 0.340 e. The van der Waals surface area contributed by atoms with Crippen LogP contribution in [-0.2, 0) is 16.0 Å². The van der Waals surface area contributed by atoms with E-state index in [1.807, 2.05) is 43.0 Å². The van der Waals surface area contributed by atoms with Gasteiger partial charge in [0.05, 0.1) is 16.8 Å². The first kappa shape index (κ1) is 19.3. The van der Waals surface area contributed by atoms with E-state index >= 15 is 0 Å². The first-order chi connectivity index (χ1) is 13.1. The van der Waals surface area contributed by atoms with Crippen LogP contribution in [-0.4, -0.2) is 41.5 Å². The second-order valence-corrected chi connectivity index (χ2v) is 7.15. The topological polar surface area (TPSA) is 59.5 Å². The molecule has 1 saturated heterocycles. The first-order valence-electron chi connectivity index (χ1n) is 9.95. The Bertz CT molecular complexity index is 824. The minimum Gasteiger partial charge on any atom is -0.452 e. The van der Waals surface area contributed by atoms with Crippen molar-refractivity contribution in [3.05, 3.63) is 41.1 Å². The number of aromatic nitrogens is 1. The van der Waals surface area contributed by atoms with Crippen LogP contribution < -0.4 is 0 Å². The number of carbonyl (C=O) groups excluding carboxylic acids is 2. The molecule has 0 saturated carbocycles. The second kappa shape index (κ2) is 8.98. The lowest BCUT2D eigenvalue weighted by Crippen LogP contribution is -2.37. The monoisotopic (exact) mass is 368 g/mol. The lowest BCUT2D eigenvalue weighted by atomic mass is 10.0. The normalized spacial score (nSPS) is 15.3. The van der Waals surface area contributed by atoms with Gasteiger partial charge in [0.15, 0.2) is 6.61 Å². The zero-order valence-corrected chi connectivity index (χ0v) is 16.3. The van der Waals surface area contributed by atoms with Crippen molar-refractivity contribution in [1.29, 1.82) is 0 Å². The van der Waals surface area contributed by atoms with Crippen molar-refractivity contribution in [1.82, 2.24) is 9.88 Å². The number of para-hydroxylation sites is 1. The van der Waals surface area contributed by atoms with E-state index < -0.39 is 5.97 Å². The molecule has 0 aliphatic carbocycles. The molecule has 0 unspecified atom stereocenters. The highest BCUT2D eigenvalue weighted by Gasteiger charge is 2.22. The quantitative estimate of drug-likeness (QED) is 0.764. The van der Waals surface area contributed by atoms with Crippen LogP contribution in [0.3, 0.4) is 0 Å². The minimum atomic E-state index is -0.456. The second-order valence-electron chi connectivity index (χ2n) is 7.15. The summed E-state index contributed by atoms with van der Waals surface area (Å²) in [5.74, 6) is -0.558. The van der Waals surface area contributed by atoms with E-state index in [0.717, 1.165) is 60.9 Å². The number of benzene rings is 1. The molecule has 1 aliphatic heterocycles. The molecule has 5 heteroatoms. The molecule has 1 aliphatic rings. The highest BCUT2D eigenvalue weighted by atomic mass is 16.5. The molecule has 3 rings (SSSR count). The van der Waals surface area contributed by atoms with Crippen molar-refractivity contribution in [3.63, 3.8) is 0 Å². The Morgan fingerprint density at radius 1 is 1.07 bits per heavy atom. The minimum absolute atomic E-state index is 0.102. The third-order valence-corrected chi connectivity index (χ3v) is 5.30. The Morgan fingerprint density at radius 3 is 2.44 bits per heavy atom. The third kappa shape index (κ3) is 4.46. The van der Waals surface area contributed by atoms with E-state index in [2.05, 4.69) is 4.98 Å². The molecule has 0 atom stereocenters. The fourth-order valence-electron chi connectivity index (χ4n) is 3.75. The molecule has 0 radical (unpaired) electrons. The number of aryl methyl sites for hydroxylation is 2. The summed E-state index contributed by atoms with van der Waals surface area (Å²) < 4.78 is 5.42. The SMILES string of the molecule is CCc1nc2ccccc2c(C)c1C(=O)OCC(=O)N1CCCCCCC1. The van der Waals surface area contributed by atoms with E-state index in [1.54, 1.807) is 0 Å². The largest absolute Gasteiger partial charge is 0.452 e. The summed E-state index contributed by atoms with van der Waals surface area (Å²) in [6.07, 6.45) is 6.23. The highest BCUT2D eigenvalue weighted by molar-refractivity contribution is 5.99. The lowest BCUT2D eigenvalue weighted by molar-refractivity contribution is -0.134. The molecule has 1 aromatic carbocycles. The Hall–Kier alpha value is -2.43. The molecule has 2 heterocycles. The molecule has 0 spiro atoms. The van der Waals surface area contributed by atoms with E-state index in [9.17, 15) is 9.59 Å². The van der Waals surface area contributed by atoms with Crippen LogP contribution in [0.1, 0.15) is 60.6 Å². The number of esters is 1.